The molecule has 0 aliphatic rings. The maximum absolute atomic E-state index is 12.6. The van der Waals surface area contributed by atoms with Gasteiger partial charge in [0.2, 0.25) is 5.91 Å². The van der Waals surface area contributed by atoms with Crippen molar-refractivity contribution in [2.45, 2.75) is 6.54 Å². The maximum Gasteiger partial charge on any atom is 0.237 e. The molecule has 1 aromatic heterocycles. The smallest absolute Gasteiger partial charge is 0.237 e. The van der Waals surface area contributed by atoms with Crippen LogP contribution in [0.15, 0.2) is 41.2 Å². The number of hydrogen-bond donors (Lipinski definition) is 1. The van der Waals surface area contributed by atoms with Crippen LogP contribution in [-0.4, -0.2) is 10.5 Å². The lowest BCUT2D eigenvalue weighted by Crippen LogP contribution is -2.21. The summed E-state index contributed by atoms with van der Waals surface area (Å²) in [5.41, 5.74) is 6.18. The van der Waals surface area contributed by atoms with Gasteiger partial charge in [0.15, 0.2) is 5.43 Å². The Kier molecular flexibility index (Phi) is 3.35. The molecule has 106 valence electrons. The molecule has 3 rings (SSSR count). The van der Waals surface area contributed by atoms with Crippen LogP contribution in [0.4, 0.5) is 0 Å². The molecule has 2 N–H and O–H groups in total. The summed E-state index contributed by atoms with van der Waals surface area (Å²) in [5.74, 6) is -0.527. The zero-order valence-corrected chi connectivity index (χ0v) is 12.3. The van der Waals surface area contributed by atoms with Crippen LogP contribution < -0.4 is 11.2 Å². The van der Waals surface area contributed by atoms with Gasteiger partial charge in [-0.05, 0) is 24.3 Å². The fraction of sp³-hybridized carbons (Fsp3) is 0.0667. The lowest BCUT2D eigenvalue weighted by molar-refractivity contribution is -0.118. The van der Waals surface area contributed by atoms with Gasteiger partial charge in [-0.25, -0.2) is 0 Å². The molecule has 1 heterocycles. The molecule has 0 radical (unpaired) electrons. The maximum atomic E-state index is 12.6. The molecule has 0 bridgehead atoms. The van der Waals surface area contributed by atoms with E-state index in [2.05, 4.69) is 0 Å². The third-order valence-electron chi connectivity index (χ3n) is 3.34. The number of benzene rings is 2. The summed E-state index contributed by atoms with van der Waals surface area (Å²) in [6.45, 7) is -0.0860. The van der Waals surface area contributed by atoms with E-state index in [1.165, 1.54) is 0 Å². The van der Waals surface area contributed by atoms with E-state index in [0.717, 1.165) is 0 Å². The highest BCUT2D eigenvalue weighted by Gasteiger charge is 2.16. The lowest BCUT2D eigenvalue weighted by atomic mass is 10.1. The SMILES string of the molecule is NC(=O)Cn1c2ccccc2c(=O)c2ccc(Cl)c(Cl)c21. The van der Waals surface area contributed by atoms with E-state index in [0.29, 0.717) is 26.8 Å². The molecule has 4 nitrogen and oxygen atoms in total. The quantitative estimate of drug-likeness (QED) is 0.738. The lowest BCUT2D eigenvalue weighted by Gasteiger charge is -2.15. The summed E-state index contributed by atoms with van der Waals surface area (Å²) in [6, 6.07) is 10.2. The number of hydrogen-bond acceptors (Lipinski definition) is 2. The van der Waals surface area contributed by atoms with E-state index in [9.17, 15) is 9.59 Å². The molecule has 0 saturated carbocycles. The summed E-state index contributed by atoms with van der Waals surface area (Å²) in [7, 11) is 0. The van der Waals surface area contributed by atoms with Crippen molar-refractivity contribution in [3.63, 3.8) is 0 Å². The van der Waals surface area contributed by atoms with Crippen molar-refractivity contribution >= 4 is 50.9 Å². The van der Waals surface area contributed by atoms with Crippen molar-refractivity contribution in [1.82, 2.24) is 4.57 Å². The Morgan fingerprint density at radius 2 is 1.81 bits per heavy atom. The normalized spacial score (nSPS) is 11.1. The number of pyridine rings is 1. The van der Waals surface area contributed by atoms with Gasteiger partial charge in [0.25, 0.3) is 0 Å². The van der Waals surface area contributed by atoms with Gasteiger partial charge in [0, 0.05) is 10.8 Å². The van der Waals surface area contributed by atoms with E-state index >= 15 is 0 Å². The first-order valence-corrected chi connectivity index (χ1v) is 6.94. The monoisotopic (exact) mass is 320 g/mol. The molecule has 0 spiro atoms. The minimum Gasteiger partial charge on any atom is -0.368 e. The first kappa shape index (κ1) is 13.9. The fourth-order valence-electron chi connectivity index (χ4n) is 2.47. The van der Waals surface area contributed by atoms with E-state index in [1.807, 2.05) is 0 Å². The minimum absolute atomic E-state index is 0.0860. The molecule has 0 fully saturated rings. The number of primary amides is 1. The largest absolute Gasteiger partial charge is 0.368 e. The number of para-hydroxylation sites is 1. The molecule has 1 amide bonds. The summed E-state index contributed by atoms with van der Waals surface area (Å²) in [6.07, 6.45) is 0. The second-order valence-corrected chi connectivity index (χ2v) is 5.44. The van der Waals surface area contributed by atoms with Crippen molar-refractivity contribution in [3.05, 3.63) is 56.7 Å². The number of rotatable bonds is 2. The Hall–Kier alpha value is -2.04. The second kappa shape index (κ2) is 5.06. The van der Waals surface area contributed by atoms with Crippen molar-refractivity contribution in [1.29, 1.82) is 0 Å². The van der Waals surface area contributed by atoms with E-state index in [1.54, 1.807) is 41.0 Å². The number of carbonyl (C=O) groups is 1. The van der Waals surface area contributed by atoms with Gasteiger partial charge in [0.05, 0.1) is 21.1 Å². The standard InChI is InChI=1S/C15H10Cl2N2O2/c16-10-6-5-9-14(13(10)17)19(7-12(18)20)11-4-2-1-3-8(11)15(9)21/h1-6H,7H2,(H2,18,20). The van der Waals surface area contributed by atoms with Crippen molar-refractivity contribution in [3.8, 4) is 0 Å². The zero-order chi connectivity index (χ0) is 15.1. The van der Waals surface area contributed by atoms with Gasteiger partial charge in [-0.3, -0.25) is 9.59 Å². The van der Waals surface area contributed by atoms with Gasteiger partial charge in [-0.15, -0.1) is 0 Å². The molecule has 2 aromatic carbocycles. The topological polar surface area (TPSA) is 65.1 Å². The Labute approximate surface area is 129 Å². The van der Waals surface area contributed by atoms with Crippen LogP contribution in [0.3, 0.4) is 0 Å². The second-order valence-electron chi connectivity index (χ2n) is 4.66. The summed E-state index contributed by atoms with van der Waals surface area (Å²) < 4.78 is 1.63. The molecule has 0 aliphatic heterocycles. The zero-order valence-electron chi connectivity index (χ0n) is 10.8. The Balaban J connectivity index is 2.63. The third kappa shape index (κ3) is 2.17. The van der Waals surface area contributed by atoms with Crippen LogP contribution in [0.2, 0.25) is 10.0 Å². The number of nitrogens with zero attached hydrogens (tertiary/aromatic N) is 1. The predicted octanol–water partition coefficient (Wildman–Crippen LogP) is 2.95. The van der Waals surface area contributed by atoms with Gasteiger partial charge in [-0.1, -0.05) is 35.3 Å². The van der Waals surface area contributed by atoms with Crippen LogP contribution in [-0.2, 0) is 11.3 Å². The number of fused-ring (bicyclic) bond motifs is 2. The molecule has 0 unspecified atom stereocenters. The van der Waals surface area contributed by atoms with Gasteiger partial charge in [-0.2, -0.15) is 0 Å². The molecule has 3 aromatic rings. The highest BCUT2D eigenvalue weighted by atomic mass is 35.5. The molecule has 6 heteroatoms. The molecule has 0 saturated heterocycles. The highest BCUT2D eigenvalue weighted by molar-refractivity contribution is 6.45. The Morgan fingerprint density at radius 3 is 2.52 bits per heavy atom. The third-order valence-corrected chi connectivity index (χ3v) is 4.13. The molecule has 21 heavy (non-hydrogen) atoms. The van der Waals surface area contributed by atoms with Crippen LogP contribution in [0.1, 0.15) is 0 Å². The van der Waals surface area contributed by atoms with Crippen LogP contribution in [0.25, 0.3) is 21.8 Å². The average molecular weight is 321 g/mol. The average Bonchev–Trinajstić information content (AvgIpc) is 2.46. The first-order chi connectivity index (χ1) is 10.0. The Bertz CT molecular complexity index is 948. The van der Waals surface area contributed by atoms with E-state index in [-0.39, 0.29) is 17.0 Å². The van der Waals surface area contributed by atoms with Gasteiger partial charge < -0.3 is 10.3 Å². The van der Waals surface area contributed by atoms with Crippen molar-refractivity contribution < 1.29 is 4.79 Å². The first-order valence-electron chi connectivity index (χ1n) is 6.18. The molecular formula is C15H10Cl2N2O2. The molecule has 0 aliphatic carbocycles. The van der Waals surface area contributed by atoms with Gasteiger partial charge >= 0.3 is 0 Å². The number of halogens is 2. The summed E-state index contributed by atoms with van der Waals surface area (Å²) in [5, 5.41) is 1.46. The van der Waals surface area contributed by atoms with Crippen LogP contribution >= 0.6 is 23.2 Å². The molecule has 0 atom stereocenters. The van der Waals surface area contributed by atoms with E-state index in [4.69, 9.17) is 28.9 Å². The van der Waals surface area contributed by atoms with Crippen LogP contribution in [0.5, 0.6) is 0 Å². The fourth-order valence-corrected chi connectivity index (χ4v) is 2.89. The van der Waals surface area contributed by atoms with Crippen molar-refractivity contribution in [2.24, 2.45) is 5.73 Å². The minimum atomic E-state index is -0.527. The summed E-state index contributed by atoms with van der Waals surface area (Å²) >= 11 is 12.3. The van der Waals surface area contributed by atoms with E-state index < -0.39 is 5.91 Å². The number of amides is 1. The summed E-state index contributed by atoms with van der Waals surface area (Å²) in [4.78, 5) is 23.9. The Morgan fingerprint density at radius 1 is 1.10 bits per heavy atom. The number of aromatic nitrogens is 1. The molecular weight excluding hydrogens is 311 g/mol. The van der Waals surface area contributed by atoms with Gasteiger partial charge in [0.1, 0.15) is 6.54 Å². The van der Waals surface area contributed by atoms with Crippen LogP contribution in [0, 0.1) is 0 Å². The number of carbonyl (C=O) groups excluding carboxylic acids is 1. The predicted molar refractivity (Wildman–Crippen MR) is 84.9 cm³/mol. The number of nitrogens with two attached hydrogens (primary N) is 1. The van der Waals surface area contributed by atoms with Crippen molar-refractivity contribution in [2.75, 3.05) is 0 Å². The highest BCUT2D eigenvalue weighted by Crippen LogP contribution is 2.31.